The van der Waals surface area contributed by atoms with E-state index in [-0.39, 0.29) is 6.03 Å². The summed E-state index contributed by atoms with van der Waals surface area (Å²) in [5, 5.41) is 13.2. The number of amides is 2. The van der Waals surface area contributed by atoms with E-state index in [4.69, 9.17) is 0 Å². The van der Waals surface area contributed by atoms with E-state index in [9.17, 15) is 9.90 Å². The summed E-state index contributed by atoms with van der Waals surface area (Å²) >= 11 is 0. The van der Waals surface area contributed by atoms with Crippen LogP contribution in [0.25, 0.3) is 0 Å². The van der Waals surface area contributed by atoms with Gasteiger partial charge in [0.15, 0.2) is 0 Å². The van der Waals surface area contributed by atoms with E-state index in [1.165, 1.54) is 0 Å². The first-order chi connectivity index (χ1) is 9.58. The van der Waals surface area contributed by atoms with Crippen molar-refractivity contribution in [3.8, 4) is 5.75 Å². The molecular formula is C15H23N3O2. The molecule has 1 heterocycles. The standard InChI is InChI=1S/C15H23N3O2/c1-17(2)15(20)18-9-7-13(8-10-18)16-11-12-5-3-4-6-14(12)19/h3-6,13,16,19H,7-11H2,1-2H3. The van der Waals surface area contributed by atoms with Crippen LogP contribution in [-0.4, -0.2) is 54.2 Å². The van der Waals surface area contributed by atoms with Gasteiger partial charge in [0.1, 0.15) is 5.75 Å². The number of para-hydroxylation sites is 1. The van der Waals surface area contributed by atoms with Gasteiger partial charge in [-0.2, -0.15) is 0 Å². The van der Waals surface area contributed by atoms with E-state index in [0.717, 1.165) is 31.5 Å². The van der Waals surface area contributed by atoms with Crippen molar-refractivity contribution in [2.45, 2.75) is 25.4 Å². The van der Waals surface area contributed by atoms with Crippen LogP contribution in [-0.2, 0) is 6.54 Å². The number of urea groups is 1. The van der Waals surface area contributed by atoms with Crippen LogP contribution in [0.2, 0.25) is 0 Å². The summed E-state index contributed by atoms with van der Waals surface area (Å²) in [5.41, 5.74) is 0.916. The van der Waals surface area contributed by atoms with Gasteiger partial charge in [0.25, 0.3) is 0 Å². The Morgan fingerprint density at radius 2 is 2.00 bits per heavy atom. The highest BCUT2D eigenvalue weighted by atomic mass is 16.3. The Morgan fingerprint density at radius 3 is 2.60 bits per heavy atom. The second kappa shape index (κ2) is 6.61. The van der Waals surface area contributed by atoms with Crippen molar-refractivity contribution in [2.24, 2.45) is 0 Å². The van der Waals surface area contributed by atoms with Gasteiger partial charge in [-0.25, -0.2) is 4.79 Å². The van der Waals surface area contributed by atoms with E-state index in [2.05, 4.69) is 5.32 Å². The van der Waals surface area contributed by atoms with Gasteiger partial charge in [-0.3, -0.25) is 0 Å². The number of aromatic hydroxyl groups is 1. The predicted molar refractivity (Wildman–Crippen MR) is 78.6 cm³/mol. The predicted octanol–water partition coefficient (Wildman–Crippen LogP) is 1.63. The highest BCUT2D eigenvalue weighted by Crippen LogP contribution is 2.17. The van der Waals surface area contributed by atoms with E-state index in [0.29, 0.717) is 18.3 Å². The second-order valence-electron chi connectivity index (χ2n) is 5.45. The minimum atomic E-state index is 0.0872. The number of carbonyl (C=O) groups excluding carboxylic acids is 1. The van der Waals surface area contributed by atoms with Gasteiger partial charge in [-0.1, -0.05) is 18.2 Å². The Kier molecular flexibility index (Phi) is 4.84. The maximum absolute atomic E-state index is 11.8. The number of carbonyl (C=O) groups is 1. The number of benzene rings is 1. The molecule has 0 atom stereocenters. The summed E-state index contributed by atoms with van der Waals surface area (Å²) in [7, 11) is 3.57. The molecule has 1 saturated heterocycles. The van der Waals surface area contributed by atoms with Crippen LogP contribution >= 0.6 is 0 Å². The molecule has 0 aromatic heterocycles. The molecule has 0 bridgehead atoms. The van der Waals surface area contributed by atoms with Crippen LogP contribution in [0.4, 0.5) is 4.79 Å². The van der Waals surface area contributed by atoms with Crippen molar-refractivity contribution in [3.63, 3.8) is 0 Å². The van der Waals surface area contributed by atoms with Crippen LogP contribution < -0.4 is 5.32 Å². The first kappa shape index (κ1) is 14.7. The number of likely N-dealkylation sites (tertiary alicyclic amines) is 1. The molecule has 2 amide bonds. The van der Waals surface area contributed by atoms with E-state index in [1.807, 2.05) is 23.1 Å². The van der Waals surface area contributed by atoms with Crippen LogP contribution in [0.1, 0.15) is 18.4 Å². The lowest BCUT2D eigenvalue weighted by atomic mass is 10.0. The topological polar surface area (TPSA) is 55.8 Å². The molecule has 1 fully saturated rings. The van der Waals surface area contributed by atoms with Crippen LogP contribution in [0, 0.1) is 0 Å². The number of nitrogens with zero attached hydrogens (tertiary/aromatic N) is 2. The van der Waals surface area contributed by atoms with Crippen LogP contribution in [0.5, 0.6) is 5.75 Å². The number of piperidine rings is 1. The minimum Gasteiger partial charge on any atom is -0.508 e. The number of hydrogen-bond acceptors (Lipinski definition) is 3. The summed E-state index contributed by atoms with van der Waals surface area (Å²) in [6.45, 7) is 2.24. The average molecular weight is 277 g/mol. The second-order valence-corrected chi connectivity index (χ2v) is 5.45. The fourth-order valence-corrected chi connectivity index (χ4v) is 2.47. The Morgan fingerprint density at radius 1 is 1.35 bits per heavy atom. The lowest BCUT2D eigenvalue weighted by Crippen LogP contribution is -2.47. The largest absolute Gasteiger partial charge is 0.508 e. The molecule has 5 nitrogen and oxygen atoms in total. The SMILES string of the molecule is CN(C)C(=O)N1CCC(NCc2ccccc2O)CC1. The molecule has 0 aliphatic carbocycles. The van der Waals surface area contributed by atoms with Crippen molar-refractivity contribution in [1.82, 2.24) is 15.1 Å². The molecule has 110 valence electrons. The van der Waals surface area contributed by atoms with Gasteiger partial charge in [-0.05, 0) is 18.9 Å². The third kappa shape index (κ3) is 3.63. The summed E-state index contributed by atoms with van der Waals surface area (Å²) in [6, 6.07) is 7.87. The van der Waals surface area contributed by atoms with E-state index >= 15 is 0 Å². The number of rotatable bonds is 3. The first-order valence-corrected chi connectivity index (χ1v) is 7.04. The first-order valence-electron chi connectivity index (χ1n) is 7.04. The normalized spacial score (nSPS) is 16.2. The Labute approximate surface area is 120 Å². The lowest BCUT2D eigenvalue weighted by molar-refractivity contribution is 0.152. The molecule has 1 aliphatic rings. The molecule has 2 N–H and O–H groups in total. The molecule has 5 heteroatoms. The van der Waals surface area contributed by atoms with Gasteiger partial charge in [0, 0.05) is 45.3 Å². The molecule has 0 saturated carbocycles. The average Bonchev–Trinajstić information content (AvgIpc) is 2.46. The van der Waals surface area contributed by atoms with Gasteiger partial charge >= 0.3 is 6.03 Å². The van der Waals surface area contributed by atoms with Crippen LogP contribution in [0.15, 0.2) is 24.3 Å². The van der Waals surface area contributed by atoms with Gasteiger partial charge in [-0.15, -0.1) is 0 Å². The minimum absolute atomic E-state index is 0.0872. The fourth-order valence-electron chi connectivity index (χ4n) is 2.47. The summed E-state index contributed by atoms with van der Waals surface area (Å²) < 4.78 is 0. The van der Waals surface area contributed by atoms with Crippen LogP contribution in [0.3, 0.4) is 0 Å². The highest BCUT2D eigenvalue weighted by Gasteiger charge is 2.23. The molecule has 1 aromatic carbocycles. The number of hydrogen-bond donors (Lipinski definition) is 2. The van der Waals surface area contributed by atoms with Gasteiger partial charge < -0.3 is 20.2 Å². The molecule has 1 aromatic rings. The lowest BCUT2D eigenvalue weighted by Gasteiger charge is -2.34. The van der Waals surface area contributed by atoms with Crippen molar-refractivity contribution in [3.05, 3.63) is 29.8 Å². The third-order valence-corrected chi connectivity index (χ3v) is 3.72. The summed E-state index contributed by atoms with van der Waals surface area (Å²) in [4.78, 5) is 15.3. The van der Waals surface area contributed by atoms with E-state index in [1.54, 1.807) is 25.1 Å². The molecule has 2 rings (SSSR count). The maximum Gasteiger partial charge on any atom is 0.319 e. The quantitative estimate of drug-likeness (QED) is 0.883. The Bertz CT molecular complexity index is 454. The van der Waals surface area contributed by atoms with Gasteiger partial charge in [0.05, 0.1) is 0 Å². The van der Waals surface area contributed by atoms with Gasteiger partial charge in [0.2, 0.25) is 0 Å². The third-order valence-electron chi connectivity index (χ3n) is 3.72. The molecule has 1 aliphatic heterocycles. The molecule has 20 heavy (non-hydrogen) atoms. The molecule has 0 radical (unpaired) electrons. The van der Waals surface area contributed by atoms with Crippen molar-refractivity contribution in [2.75, 3.05) is 27.2 Å². The number of nitrogens with one attached hydrogen (secondary N) is 1. The molecule has 0 spiro atoms. The highest BCUT2D eigenvalue weighted by molar-refractivity contribution is 5.73. The Balaban J connectivity index is 1.78. The van der Waals surface area contributed by atoms with Crippen molar-refractivity contribution < 1.29 is 9.90 Å². The zero-order chi connectivity index (χ0) is 14.5. The zero-order valence-corrected chi connectivity index (χ0v) is 12.2. The fraction of sp³-hybridized carbons (Fsp3) is 0.533. The molecular weight excluding hydrogens is 254 g/mol. The van der Waals surface area contributed by atoms with Crippen molar-refractivity contribution >= 4 is 6.03 Å². The van der Waals surface area contributed by atoms with Crippen molar-refractivity contribution in [1.29, 1.82) is 0 Å². The summed E-state index contributed by atoms with van der Waals surface area (Å²) in [5.74, 6) is 0.334. The van der Waals surface area contributed by atoms with E-state index < -0.39 is 0 Å². The maximum atomic E-state index is 11.8. The molecule has 0 unspecified atom stereocenters. The number of phenols is 1. The smallest absolute Gasteiger partial charge is 0.319 e. The number of phenolic OH excluding ortho intramolecular Hbond substituents is 1. The monoisotopic (exact) mass is 277 g/mol. The Hall–Kier alpha value is -1.75. The zero-order valence-electron chi connectivity index (χ0n) is 12.2. The summed E-state index contributed by atoms with van der Waals surface area (Å²) in [6.07, 6.45) is 1.90.